The van der Waals surface area contributed by atoms with Gasteiger partial charge < -0.3 is 4.52 Å². The Morgan fingerprint density at radius 2 is 1.96 bits per heavy atom. The van der Waals surface area contributed by atoms with E-state index in [0.29, 0.717) is 18.0 Å². The SMILES string of the molecule is Cc1cc(NS(=O)(=O)c2cn(Cc3ccccc3)nc2C)no1. The summed E-state index contributed by atoms with van der Waals surface area (Å²) < 4.78 is 33.8. The van der Waals surface area contributed by atoms with Crippen molar-refractivity contribution in [2.75, 3.05) is 4.72 Å². The first-order valence-corrected chi connectivity index (χ1v) is 8.46. The number of nitrogens with one attached hydrogen (secondary N) is 1. The topological polar surface area (TPSA) is 90.0 Å². The minimum Gasteiger partial charge on any atom is -0.360 e. The van der Waals surface area contributed by atoms with Crippen LogP contribution in [-0.4, -0.2) is 23.4 Å². The monoisotopic (exact) mass is 332 g/mol. The molecule has 0 fully saturated rings. The average Bonchev–Trinajstić information content (AvgIpc) is 3.06. The zero-order valence-corrected chi connectivity index (χ0v) is 13.5. The quantitative estimate of drug-likeness (QED) is 0.774. The lowest BCUT2D eigenvalue weighted by Gasteiger charge is -2.02. The second kappa shape index (κ2) is 5.88. The summed E-state index contributed by atoms with van der Waals surface area (Å²) in [4.78, 5) is 0.120. The number of rotatable bonds is 5. The second-order valence-electron chi connectivity index (χ2n) is 5.19. The van der Waals surface area contributed by atoms with E-state index in [4.69, 9.17) is 4.52 Å². The molecule has 0 aliphatic carbocycles. The summed E-state index contributed by atoms with van der Waals surface area (Å²) in [5.41, 5.74) is 1.47. The summed E-state index contributed by atoms with van der Waals surface area (Å²) in [6, 6.07) is 11.2. The molecule has 0 aliphatic rings. The van der Waals surface area contributed by atoms with Crippen LogP contribution in [0.3, 0.4) is 0 Å². The Morgan fingerprint density at radius 3 is 2.61 bits per heavy atom. The smallest absolute Gasteiger partial charge is 0.266 e. The first-order chi connectivity index (χ1) is 10.9. The van der Waals surface area contributed by atoms with Crippen molar-refractivity contribution >= 4 is 15.8 Å². The number of aromatic nitrogens is 3. The van der Waals surface area contributed by atoms with Gasteiger partial charge in [-0.15, -0.1) is 0 Å². The third-order valence-corrected chi connectivity index (χ3v) is 4.70. The summed E-state index contributed by atoms with van der Waals surface area (Å²) in [5.74, 6) is 0.678. The van der Waals surface area contributed by atoms with Crippen LogP contribution in [0.25, 0.3) is 0 Å². The molecule has 8 heteroatoms. The van der Waals surface area contributed by atoms with Crippen molar-refractivity contribution in [3.63, 3.8) is 0 Å². The molecule has 0 unspecified atom stereocenters. The molecule has 0 spiro atoms. The predicted molar refractivity (Wildman–Crippen MR) is 84.6 cm³/mol. The lowest BCUT2D eigenvalue weighted by molar-refractivity contribution is 0.400. The molecule has 1 aromatic carbocycles. The Kier molecular flexibility index (Phi) is 3.91. The number of nitrogens with zero attached hydrogens (tertiary/aromatic N) is 3. The van der Waals surface area contributed by atoms with E-state index in [2.05, 4.69) is 15.0 Å². The first kappa shape index (κ1) is 15.3. The van der Waals surface area contributed by atoms with Crippen LogP contribution in [0.15, 0.2) is 52.0 Å². The maximum atomic E-state index is 12.5. The summed E-state index contributed by atoms with van der Waals surface area (Å²) >= 11 is 0. The Hall–Kier alpha value is -2.61. The standard InChI is InChI=1S/C15H16N4O3S/c1-11-8-15(17-22-11)18-23(20,21)14-10-19(16-12(14)2)9-13-6-4-3-5-7-13/h3-8,10H,9H2,1-2H3,(H,17,18). The molecule has 0 radical (unpaired) electrons. The summed E-state index contributed by atoms with van der Waals surface area (Å²) in [6.45, 7) is 3.85. The van der Waals surface area contributed by atoms with Crippen molar-refractivity contribution in [1.29, 1.82) is 0 Å². The van der Waals surface area contributed by atoms with Gasteiger partial charge >= 0.3 is 0 Å². The third-order valence-electron chi connectivity index (χ3n) is 3.25. The highest BCUT2D eigenvalue weighted by Crippen LogP contribution is 2.19. The van der Waals surface area contributed by atoms with Gasteiger partial charge in [-0.1, -0.05) is 35.5 Å². The van der Waals surface area contributed by atoms with Gasteiger partial charge in [0.25, 0.3) is 10.0 Å². The Labute approximate surface area is 134 Å². The summed E-state index contributed by atoms with van der Waals surface area (Å²) in [6.07, 6.45) is 1.51. The van der Waals surface area contributed by atoms with Crippen LogP contribution >= 0.6 is 0 Å². The number of hydrogen-bond acceptors (Lipinski definition) is 5. The van der Waals surface area contributed by atoms with Gasteiger partial charge in [0.15, 0.2) is 5.82 Å². The molecule has 0 amide bonds. The van der Waals surface area contributed by atoms with Crippen molar-refractivity contribution in [2.45, 2.75) is 25.3 Å². The molecular weight excluding hydrogens is 316 g/mol. The fraction of sp³-hybridized carbons (Fsp3) is 0.200. The van der Waals surface area contributed by atoms with Gasteiger partial charge in [0, 0.05) is 12.3 Å². The zero-order chi connectivity index (χ0) is 16.4. The lowest BCUT2D eigenvalue weighted by Crippen LogP contribution is -2.13. The van der Waals surface area contributed by atoms with E-state index in [-0.39, 0.29) is 10.7 Å². The van der Waals surface area contributed by atoms with Gasteiger partial charge in [-0.05, 0) is 19.4 Å². The van der Waals surface area contributed by atoms with E-state index < -0.39 is 10.0 Å². The van der Waals surface area contributed by atoms with E-state index in [1.807, 2.05) is 30.3 Å². The molecule has 7 nitrogen and oxygen atoms in total. The van der Waals surface area contributed by atoms with Crippen molar-refractivity contribution in [3.05, 3.63) is 59.6 Å². The second-order valence-corrected chi connectivity index (χ2v) is 6.84. The molecule has 0 aliphatic heterocycles. The van der Waals surface area contributed by atoms with Gasteiger partial charge in [-0.2, -0.15) is 5.10 Å². The number of anilines is 1. The summed E-state index contributed by atoms with van der Waals surface area (Å²) in [5, 5.41) is 7.91. The minimum absolute atomic E-state index is 0.120. The number of hydrogen-bond donors (Lipinski definition) is 1. The molecule has 23 heavy (non-hydrogen) atoms. The predicted octanol–water partition coefficient (Wildman–Crippen LogP) is 2.34. The highest BCUT2D eigenvalue weighted by atomic mass is 32.2. The Balaban J connectivity index is 1.85. The van der Waals surface area contributed by atoms with E-state index in [9.17, 15) is 8.42 Å². The van der Waals surface area contributed by atoms with Crippen molar-refractivity contribution in [3.8, 4) is 0 Å². The molecule has 2 aromatic heterocycles. The molecule has 0 saturated carbocycles. The number of aryl methyl sites for hydroxylation is 2. The van der Waals surface area contributed by atoms with Crippen molar-refractivity contribution < 1.29 is 12.9 Å². The molecule has 3 rings (SSSR count). The Bertz CT molecular complexity index is 913. The molecule has 120 valence electrons. The van der Waals surface area contributed by atoms with E-state index in [0.717, 1.165) is 5.56 Å². The number of sulfonamides is 1. The molecular formula is C15H16N4O3S. The van der Waals surface area contributed by atoms with E-state index in [1.165, 1.54) is 12.3 Å². The van der Waals surface area contributed by atoms with Gasteiger partial charge in [0.1, 0.15) is 10.7 Å². The van der Waals surface area contributed by atoms with Crippen molar-refractivity contribution in [1.82, 2.24) is 14.9 Å². The van der Waals surface area contributed by atoms with Crippen LogP contribution in [0, 0.1) is 13.8 Å². The molecule has 0 atom stereocenters. The van der Waals surface area contributed by atoms with Crippen LogP contribution in [0.1, 0.15) is 17.0 Å². The third kappa shape index (κ3) is 3.42. The largest absolute Gasteiger partial charge is 0.360 e. The highest BCUT2D eigenvalue weighted by molar-refractivity contribution is 7.92. The highest BCUT2D eigenvalue weighted by Gasteiger charge is 2.21. The van der Waals surface area contributed by atoms with Crippen LogP contribution in [0.5, 0.6) is 0 Å². The molecule has 0 saturated heterocycles. The molecule has 1 N–H and O–H groups in total. The fourth-order valence-electron chi connectivity index (χ4n) is 2.22. The van der Waals surface area contributed by atoms with E-state index in [1.54, 1.807) is 18.5 Å². The normalized spacial score (nSPS) is 11.6. The maximum absolute atomic E-state index is 12.5. The van der Waals surface area contributed by atoms with Crippen LogP contribution in [0.2, 0.25) is 0 Å². The van der Waals surface area contributed by atoms with Gasteiger partial charge in [0.2, 0.25) is 0 Å². The lowest BCUT2D eigenvalue weighted by atomic mass is 10.2. The molecule has 3 aromatic rings. The zero-order valence-electron chi connectivity index (χ0n) is 12.7. The van der Waals surface area contributed by atoms with Crippen LogP contribution in [0.4, 0.5) is 5.82 Å². The number of benzene rings is 1. The average molecular weight is 332 g/mol. The summed E-state index contributed by atoms with van der Waals surface area (Å²) in [7, 11) is -3.76. The maximum Gasteiger partial charge on any atom is 0.266 e. The Morgan fingerprint density at radius 1 is 1.22 bits per heavy atom. The van der Waals surface area contributed by atoms with E-state index >= 15 is 0 Å². The minimum atomic E-state index is -3.76. The molecule has 2 heterocycles. The van der Waals surface area contributed by atoms with Crippen LogP contribution in [-0.2, 0) is 16.6 Å². The van der Waals surface area contributed by atoms with Gasteiger partial charge in [-0.3, -0.25) is 9.40 Å². The first-order valence-electron chi connectivity index (χ1n) is 6.98. The van der Waals surface area contributed by atoms with Crippen LogP contribution < -0.4 is 4.72 Å². The van der Waals surface area contributed by atoms with Gasteiger partial charge in [-0.25, -0.2) is 8.42 Å². The van der Waals surface area contributed by atoms with Gasteiger partial charge in [0.05, 0.1) is 12.2 Å². The fourth-order valence-corrected chi connectivity index (χ4v) is 3.39. The molecule has 0 bridgehead atoms. The van der Waals surface area contributed by atoms with Crippen molar-refractivity contribution in [2.24, 2.45) is 0 Å².